The number of nitrogens with one attached hydrogen (secondary N) is 1. The number of carbonyl (C=O) groups excluding carboxylic acids is 1. The van der Waals surface area contributed by atoms with Gasteiger partial charge in [-0.1, -0.05) is 12.1 Å². The third kappa shape index (κ3) is 5.98. The molecule has 1 aromatic rings. The summed E-state index contributed by atoms with van der Waals surface area (Å²) in [4.78, 5) is 26.2. The van der Waals surface area contributed by atoms with Gasteiger partial charge in [-0.05, 0) is 31.5 Å². The van der Waals surface area contributed by atoms with Crippen LogP contribution in [0.25, 0.3) is 0 Å². The number of hydroxylamine groups is 1. The molecule has 0 aliphatic carbocycles. The Balaban J connectivity index is 2.46. The Bertz CT molecular complexity index is 427. The maximum atomic E-state index is 11.5. The molecule has 0 unspecified atom stereocenters. The van der Waals surface area contributed by atoms with Gasteiger partial charge in [0, 0.05) is 5.56 Å². The van der Waals surface area contributed by atoms with E-state index < -0.39 is 18.5 Å². The first-order valence-electron chi connectivity index (χ1n) is 5.83. The van der Waals surface area contributed by atoms with Crippen LogP contribution in [0, 0.1) is 0 Å². The number of carboxylic acids is 1. The van der Waals surface area contributed by atoms with Crippen LogP contribution < -0.4 is 5.48 Å². The molecule has 0 heterocycles. The zero-order valence-electron chi connectivity index (χ0n) is 10.9. The number of benzene rings is 1. The van der Waals surface area contributed by atoms with Crippen molar-refractivity contribution in [2.45, 2.75) is 26.6 Å². The predicted molar refractivity (Wildman–Crippen MR) is 67.4 cm³/mol. The van der Waals surface area contributed by atoms with E-state index in [0.29, 0.717) is 12.2 Å². The van der Waals surface area contributed by atoms with E-state index in [4.69, 9.17) is 9.84 Å². The van der Waals surface area contributed by atoms with E-state index in [-0.39, 0.29) is 6.10 Å². The molecule has 19 heavy (non-hydrogen) atoms. The van der Waals surface area contributed by atoms with Crippen molar-refractivity contribution in [2.24, 2.45) is 0 Å². The molecule has 104 valence electrons. The number of hydrogen-bond acceptors (Lipinski definition) is 4. The Hall–Kier alpha value is -1.92. The van der Waals surface area contributed by atoms with Crippen LogP contribution in [0.15, 0.2) is 24.3 Å². The van der Waals surface area contributed by atoms with Gasteiger partial charge in [0.1, 0.15) is 0 Å². The molecule has 0 bridgehead atoms. The van der Waals surface area contributed by atoms with Crippen LogP contribution in [-0.4, -0.2) is 29.7 Å². The molecule has 0 spiro atoms. The van der Waals surface area contributed by atoms with Gasteiger partial charge in [0.25, 0.3) is 5.91 Å². The van der Waals surface area contributed by atoms with E-state index in [1.54, 1.807) is 24.3 Å². The van der Waals surface area contributed by atoms with Crippen molar-refractivity contribution in [3.05, 3.63) is 35.4 Å². The molecule has 0 fully saturated rings. The van der Waals surface area contributed by atoms with Crippen molar-refractivity contribution in [1.82, 2.24) is 5.48 Å². The predicted octanol–water partition coefficient (Wildman–Crippen LogP) is 1.36. The SMILES string of the molecule is CC(C)OCc1ccc(C(=O)NOCC(=O)O)cc1. The van der Waals surface area contributed by atoms with E-state index in [1.165, 1.54) is 0 Å². The molecule has 0 saturated heterocycles. The lowest BCUT2D eigenvalue weighted by Crippen LogP contribution is -2.26. The van der Waals surface area contributed by atoms with Gasteiger partial charge in [-0.15, -0.1) is 0 Å². The first-order valence-corrected chi connectivity index (χ1v) is 5.83. The van der Waals surface area contributed by atoms with E-state index in [9.17, 15) is 9.59 Å². The summed E-state index contributed by atoms with van der Waals surface area (Å²) in [5, 5.41) is 8.35. The van der Waals surface area contributed by atoms with Crippen LogP contribution in [0.1, 0.15) is 29.8 Å². The molecular weight excluding hydrogens is 250 g/mol. The maximum absolute atomic E-state index is 11.5. The number of amides is 1. The topological polar surface area (TPSA) is 84.9 Å². The van der Waals surface area contributed by atoms with E-state index in [2.05, 4.69) is 4.84 Å². The lowest BCUT2D eigenvalue weighted by atomic mass is 10.1. The number of aliphatic carboxylic acids is 1. The van der Waals surface area contributed by atoms with Crippen molar-refractivity contribution in [1.29, 1.82) is 0 Å². The average molecular weight is 267 g/mol. The third-order valence-electron chi connectivity index (χ3n) is 2.16. The Morgan fingerprint density at radius 3 is 2.42 bits per heavy atom. The van der Waals surface area contributed by atoms with Gasteiger partial charge >= 0.3 is 5.97 Å². The van der Waals surface area contributed by atoms with Crippen molar-refractivity contribution in [2.75, 3.05) is 6.61 Å². The van der Waals surface area contributed by atoms with Crippen molar-refractivity contribution in [3.8, 4) is 0 Å². The molecule has 0 atom stereocenters. The van der Waals surface area contributed by atoms with Crippen LogP contribution in [0.2, 0.25) is 0 Å². The molecular formula is C13H17NO5. The highest BCUT2D eigenvalue weighted by atomic mass is 16.7. The molecule has 0 aliphatic rings. The van der Waals surface area contributed by atoms with Crippen LogP contribution in [0.4, 0.5) is 0 Å². The lowest BCUT2D eigenvalue weighted by Gasteiger charge is -2.08. The summed E-state index contributed by atoms with van der Waals surface area (Å²) in [5.74, 6) is -1.64. The normalized spacial score (nSPS) is 10.5. The Kier molecular flexibility index (Phi) is 5.98. The average Bonchev–Trinajstić information content (AvgIpc) is 2.36. The summed E-state index contributed by atoms with van der Waals surface area (Å²) >= 11 is 0. The van der Waals surface area contributed by atoms with Crippen molar-refractivity contribution >= 4 is 11.9 Å². The highest BCUT2D eigenvalue weighted by molar-refractivity contribution is 5.93. The lowest BCUT2D eigenvalue weighted by molar-refractivity contribution is -0.144. The standard InChI is InChI=1S/C13H17NO5/c1-9(2)18-7-10-3-5-11(6-4-10)13(17)14-19-8-12(15)16/h3-6,9H,7-8H2,1-2H3,(H,14,17)(H,15,16). The van der Waals surface area contributed by atoms with Crippen LogP contribution in [0.5, 0.6) is 0 Å². The molecule has 0 radical (unpaired) electrons. The fourth-order valence-electron chi connectivity index (χ4n) is 1.24. The van der Waals surface area contributed by atoms with Crippen LogP contribution in [0.3, 0.4) is 0 Å². The molecule has 6 nitrogen and oxygen atoms in total. The first kappa shape index (κ1) is 15.1. The van der Waals surface area contributed by atoms with Gasteiger partial charge in [0.15, 0.2) is 6.61 Å². The van der Waals surface area contributed by atoms with Gasteiger partial charge < -0.3 is 9.84 Å². The molecule has 1 amide bonds. The van der Waals surface area contributed by atoms with Gasteiger partial charge in [0.2, 0.25) is 0 Å². The highest BCUT2D eigenvalue weighted by Crippen LogP contribution is 2.07. The van der Waals surface area contributed by atoms with Crippen molar-refractivity contribution in [3.63, 3.8) is 0 Å². The summed E-state index contributed by atoms with van der Waals surface area (Å²) < 4.78 is 5.43. The highest BCUT2D eigenvalue weighted by Gasteiger charge is 2.06. The largest absolute Gasteiger partial charge is 0.479 e. The summed E-state index contributed by atoms with van der Waals surface area (Å²) in [6.45, 7) is 3.80. The molecule has 0 saturated carbocycles. The summed E-state index contributed by atoms with van der Waals surface area (Å²) in [6.07, 6.45) is 0.146. The number of carboxylic acid groups (broad SMARTS) is 1. The van der Waals surface area contributed by atoms with E-state index >= 15 is 0 Å². The second-order valence-electron chi connectivity index (χ2n) is 4.17. The van der Waals surface area contributed by atoms with Gasteiger partial charge in [0.05, 0.1) is 12.7 Å². The van der Waals surface area contributed by atoms with E-state index in [1.807, 2.05) is 19.3 Å². The second-order valence-corrected chi connectivity index (χ2v) is 4.17. The van der Waals surface area contributed by atoms with Crippen LogP contribution in [-0.2, 0) is 21.0 Å². The molecule has 1 rings (SSSR count). The fraction of sp³-hybridized carbons (Fsp3) is 0.385. The Morgan fingerprint density at radius 2 is 1.89 bits per heavy atom. The minimum atomic E-state index is -1.15. The number of hydrogen-bond donors (Lipinski definition) is 2. The Labute approximate surface area is 111 Å². The smallest absolute Gasteiger partial charge is 0.332 e. The van der Waals surface area contributed by atoms with Gasteiger partial charge in [-0.2, -0.15) is 0 Å². The number of carbonyl (C=O) groups is 2. The molecule has 1 aromatic carbocycles. The third-order valence-corrected chi connectivity index (χ3v) is 2.16. The zero-order valence-corrected chi connectivity index (χ0v) is 10.9. The van der Waals surface area contributed by atoms with Gasteiger partial charge in [-0.25, -0.2) is 10.3 Å². The van der Waals surface area contributed by atoms with Crippen LogP contribution >= 0.6 is 0 Å². The minimum absolute atomic E-state index is 0.146. The summed E-state index contributed by atoms with van der Waals surface area (Å²) in [5.41, 5.74) is 3.39. The van der Waals surface area contributed by atoms with Crippen molar-refractivity contribution < 1.29 is 24.3 Å². The molecule has 2 N–H and O–H groups in total. The fourth-order valence-corrected chi connectivity index (χ4v) is 1.24. The van der Waals surface area contributed by atoms with Gasteiger partial charge in [-0.3, -0.25) is 9.63 Å². The second kappa shape index (κ2) is 7.50. The minimum Gasteiger partial charge on any atom is -0.479 e. The first-order chi connectivity index (χ1) is 8.99. The summed E-state index contributed by atoms with van der Waals surface area (Å²) in [6, 6.07) is 6.79. The maximum Gasteiger partial charge on any atom is 0.332 e. The molecule has 6 heteroatoms. The number of ether oxygens (including phenoxy) is 1. The monoisotopic (exact) mass is 267 g/mol. The quantitative estimate of drug-likeness (QED) is 0.728. The summed E-state index contributed by atoms with van der Waals surface area (Å²) in [7, 11) is 0. The zero-order chi connectivity index (χ0) is 14.3. The Morgan fingerprint density at radius 1 is 1.26 bits per heavy atom. The molecule has 0 aromatic heterocycles. The number of rotatable bonds is 7. The van der Waals surface area contributed by atoms with E-state index in [0.717, 1.165) is 5.56 Å². The molecule has 0 aliphatic heterocycles.